The second-order valence-corrected chi connectivity index (χ2v) is 14.7. The third kappa shape index (κ3) is 4.00. The minimum atomic E-state index is -3.41. The Hall–Kier alpha value is -3.78. The van der Waals surface area contributed by atoms with Gasteiger partial charge in [0.05, 0.1) is 22.9 Å². The van der Waals surface area contributed by atoms with Gasteiger partial charge in [0, 0.05) is 22.3 Å². The van der Waals surface area contributed by atoms with Crippen molar-refractivity contribution in [3.05, 3.63) is 125 Å². The van der Waals surface area contributed by atoms with Crippen LogP contribution in [0.3, 0.4) is 0 Å². The van der Waals surface area contributed by atoms with Crippen molar-refractivity contribution in [3.63, 3.8) is 0 Å². The SMILES string of the molecule is O=P1(Cc2cccc(CP3(=O)Oc4ccccc4-c4ccccc43)c2O)Oc2ccccc2C2=C1C=CCC2. The Balaban J connectivity index is 1.26. The zero-order chi connectivity index (χ0) is 26.6. The largest absolute Gasteiger partial charge is 0.507 e. The quantitative estimate of drug-likeness (QED) is 0.257. The zero-order valence-corrected chi connectivity index (χ0v) is 22.9. The Morgan fingerprint density at radius 1 is 0.667 bits per heavy atom. The van der Waals surface area contributed by atoms with E-state index in [0.29, 0.717) is 33.2 Å². The maximum Gasteiger partial charge on any atom is 0.282 e. The number of benzene rings is 4. The Labute approximate surface area is 227 Å². The second-order valence-electron chi connectivity index (χ2n) is 10.1. The van der Waals surface area contributed by atoms with Crippen LogP contribution in [0, 0.1) is 0 Å². The Morgan fingerprint density at radius 2 is 1.26 bits per heavy atom. The van der Waals surface area contributed by atoms with Crippen LogP contribution in [0.1, 0.15) is 29.5 Å². The molecule has 2 heterocycles. The van der Waals surface area contributed by atoms with E-state index in [9.17, 15) is 14.2 Å². The first-order valence-corrected chi connectivity index (χ1v) is 16.6. The lowest BCUT2D eigenvalue weighted by atomic mass is 9.96. The molecule has 7 heteroatoms. The van der Waals surface area contributed by atoms with Gasteiger partial charge in [0.1, 0.15) is 17.2 Å². The average Bonchev–Trinajstić information content (AvgIpc) is 2.96. The molecule has 4 aromatic carbocycles. The summed E-state index contributed by atoms with van der Waals surface area (Å²) in [5.41, 5.74) is 4.79. The van der Waals surface area contributed by atoms with Crippen LogP contribution in [0.25, 0.3) is 16.7 Å². The smallest absolute Gasteiger partial charge is 0.282 e. The third-order valence-electron chi connectivity index (χ3n) is 7.63. The maximum absolute atomic E-state index is 14.4. The maximum atomic E-state index is 14.4. The minimum Gasteiger partial charge on any atom is -0.507 e. The Morgan fingerprint density at radius 3 is 2.03 bits per heavy atom. The van der Waals surface area contributed by atoms with Crippen LogP contribution in [-0.4, -0.2) is 5.11 Å². The molecule has 39 heavy (non-hydrogen) atoms. The topological polar surface area (TPSA) is 72.8 Å². The van der Waals surface area contributed by atoms with E-state index in [4.69, 9.17) is 9.05 Å². The highest BCUT2D eigenvalue weighted by Gasteiger charge is 2.40. The van der Waals surface area contributed by atoms with Crippen molar-refractivity contribution in [3.8, 4) is 28.4 Å². The first kappa shape index (κ1) is 24.3. The molecule has 2 aliphatic heterocycles. The highest BCUT2D eigenvalue weighted by atomic mass is 31.2. The lowest BCUT2D eigenvalue weighted by molar-refractivity contribution is 0.456. The molecule has 3 aliphatic rings. The summed E-state index contributed by atoms with van der Waals surface area (Å²) in [5.74, 6) is 1.16. The third-order valence-corrected chi connectivity index (χ3v) is 12.4. The molecule has 5 nitrogen and oxygen atoms in total. The van der Waals surface area contributed by atoms with E-state index in [2.05, 4.69) is 0 Å². The number of fused-ring (bicyclic) bond motifs is 5. The highest BCUT2D eigenvalue weighted by molar-refractivity contribution is 7.67. The normalized spacial score (nSPS) is 22.6. The van der Waals surface area contributed by atoms with E-state index in [-0.39, 0.29) is 18.1 Å². The summed E-state index contributed by atoms with van der Waals surface area (Å²) in [4.78, 5) is 0. The lowest BCUT2D eigenvalue weighted by Gasteiger charge is -2.32. The molecule has 0 amide bonds. The summed E-state index contributed by atoms with van der Waals surface area (Å²) in [6.45, 7) is 0. The van der Waals surface area contributed by atoms with E-state index in [0.717, 1.165) is 35.1 Å². The summed E-state index contributed by atoms with van der Waals surface area (Å²) >= 11 is 0. The molecule has 1 aliphatic carbocycles. The summed E-state index contributed by atoms with van der Waals surface area (Å²) < 4.78 is 41.2. The molecule has 7 rings (SSSR count). The number of phenols is 1. The molecule has 0 radical (unpaired) electrons. The van der Waals surface area contributed by atoms with E-state index in [1.54, 1.807) is 18.2 Å². The second kappa shape index (κ2) is 9.16. The summed E-state index contributed by atoms with van der Waals surface area (Å²) in [5, 5.41) is 12.8. The van der Waals surface area contributed by atoms with E-state index in [1.165, 1.54) is 0 Å². The van der Waals surface area contributed by atoms with Gasteiger partial charge < -0.3 is 14.2 Å². The number of hydrogen-bond donors (Lipinski definition) is 1. The van der Waals surface area contributed by atoms with Gasteiger partial charge in [0.25, 0.3) is 14.7 Å². The van der Waals surface area contributed by atoms with Crippen molar-refractivity contribution in [2.75, 3.05) is 0 Å². The van der Waals surface area contributed by atoms with Crippen molar-refractivity contribution in [1.29, 1.82) is 0 Å². The lowest BCUT2D eigenvalue weighted by Crippen LogP contribution is -2.19. The number of hydrogen-bond acceptors (Lipinski definition) is 5. The van der Waals surface area contributed by atoms with Crippen molar-refractivity contribution >= 4 is 25.6 Å². The van der Waals surface area contributed by atoms with Crippen LogP contribution in [0.4, 0.5) is 0 Å². The molecular weight excluding hydrogens is 526 g/mol. The van der Waals surface area contributed by atoms with Gasteiger partial charge in [-0.05, 0) is 42.2 Å². The molecule has 0 spiro atoms. The van der Waals surface area contributed by atoms with Crippen LogP contribution in [0.15, 0.2) is 108 Å². The van der Waals surface area contributed by atoms with Gasteiger partial charge in [0.2, 0.25) is 0 Å². The van der Waals surface area contributed by atoms with Gasteiger partial charge in [-0.15, -0.1) is 0 Å². The van der Waals surface area contributed by atoms with E-state index in [1.807, 2.05) is 84.9 Å². The van der Waals surface area contributed by atoms with E-state index < -0.39 is 14.7 Å². The van der Waals surface area contributed by atoms with Gasteiger partial charge in [-0.3, -0.25) is 9.13 Å². The average molecular weight is 553 g/mol. The van der Waals surface area contributed by atoms with Crippen molar-refractivity contribution < 1.29 is 23.3 Å². The van der Waals surface area contributed by atoms with Gasteiger partial charge in [-0.1, -0.05) is 84.9 Å². The predicted molar refractivity (Wildman–Crippen MR) is 155 cm³/mol. The molecule has 2 unspecified atom stereocenters. The van der Waals surface area contributed by atoms with Gasteiger partial charge >= 0.3 is 0 Å². The van der Waals surface area contributed by atoms with Crippen molar-refractivity contribution in [2.45, 2.75) is 25.2 Å². The van der Waals surface area contributed by atoms with Gasteiger partial charge in [0.15, 0.2) is 0 Å². The first-order chi connectivity index (χ1) is 19.0. The summed E-state index contributed by atoms with van der Waals surface area (Å²) in [6, 6.07) is 28.1. The summed E-state index contributed by atoms with van der Waals surface area (Å²) in [7, 11) is -6.78. The molecule has 4 aromatic rings. The molecule has 0 saturated carbocycles. The van der Waals surface area contributed by atoms with Gasteiger partial charge in [-0.2, -0.15) is 0 Å². The fraction of sp³-hybridized carbons (Fsp3) is 0.125. The monoisotopic (exact) mass is 552 g/mol. The number of rotatable bonds is 4. The van der Waals surface area contributed by atoms with E-state index >= 15 is 0 Å². The first-order valence-electron chi connectivity index (χ1n) is 13.0. The van der Waals surface area contributed by atoms with Crippen LogP contribution in [-0.2, 0) is 21.5 Å². The zero-order valence-electron chi connectivity index (χ0n) is 21.1. The van der Waals surface area contributed by atoms with Crippen LogP contribution < -0.4 is 14.4 Å². The van der Waals surface area contributed by atoms with Gasteiger partial charge in [-0.25, -0.2) is 0 Å². The number of phenolic OH excluding ortho intramolecular Hbond substituents is 1. The fourth-order valence-electron chi connectivity index (χ4n) is 5.81. The molecule has 0 fully saturated rings. The van der Waals surface area contributed by atoms with Crippen molar-refractivity contribution in [2.24, 2.45) is 0 Å². The number of para-hydroxylation sites is 3. The number of allylic oxidation sites excluding steroid dienone is 4. The molecule has 2 atom stereocenters. The predicted octanol–water partition coefficient (Wildman–Crippen LogP) is 8.49. The van der Waals surface area contributed by atoms with Crippen LogP contribution >= 0.6 is 14.7 Å². The van der Waals surface area contributed by atoms with Crippen LogP contribution in [0.5, 0.6) is 17.2 Å². The van der Waals surface area contributed by atoms with Crippen molar-refractivity contribution in [1.82, 2.24) is 0 Å². The standard InChI is InChI=1S/C32H26O5P2/c33-32-22(20-38(34)30-18-7-3-14-26(30)24-12-1-5-16-28(24)36-38)10-9-11-23(32)21-39(35)31-19-8-4-15-27(31)25-13-2-6-17-29(25)37-39/h1-3,5-14,16-19,33H,4,15,20-21H2. The minimum absolute atomic E-state index is 0.0138. The molecule has 0 aromatic heterocycles. The molecular formula is C32H26O5P2. The Kier molecular flexibility index (Phi) is 5.70. The Bertz CT molecular complexity index is 1800. The molecule has 194 valence electrons. The molecule has 0 saturated heterocycles. The molecule has 0 bridgehead atoms. The summed E-state index contributed by atoms with van der Waals surface area (Å²) in [6.07, 6.45) is 5.67. The fourth-order valence-corrected chi connectivity index (χ4v) is 10.7. The van der Waals surface area contributed by atoms with Crippen LogP contribution in [0.2, 0.25) is 0 Å². The highest BCUT2D eigenvalue weighted by Crippen LogP contribution is 2.66. The molecule has 1 N–H and O–H groups in total. The number of aromatic hydroxyl groups is 1.